The van der Waals surface area contributed by atoms with Gasteiger partial charge in [0.25, 0.3) is 0 Å². The SMILES string of the molecule is COc1c(Cl)cc(/C(=C\CCNC(=O)COCCOCC(=O)O)c2cc(Cl)c(OC)c(C(=O)OCc3ccccc3)c2)cc1C(=O)O. The lowest BCUT2D eigenvalue weighted by molar-refractivity contribution is -0.143. The van der Waals surface area contributed by atoms with Gasteiger partial charge in [-0.25, -0.2) is 14.4 Å². The van der Waals surface area contributed by atoms with Crippen LogP contribution in [-0.2, 0) is 30.4 Å². The van der Waals surface area contributed by atoms with Gasteiger partial charge in [-0.05, 0) is 52.9 Å². The number of carboxylic acid groups (broad SMARTS) is 2. The van der Waals surface area contributed by atoms with Crippen molar-refractivity contribution in [1.29, 1.82) is 0 Å². The third-order valence-corrected chi connectivity index (χ3v) is 6.99. The van der Waals surface area contributed by atoms with Crippen LogP contribution in [0.15, 0.2) is 60.7 Å². The first-order valence-corrected chi connectivity index (χ1v) is 14.9. The molecule has 250 valence electrons. The summed E-state index contributed by atoms with van der Waals surface area (Å²) in [4.78, 5) is 48.0. The van der Waals surface area contributed by atoms with Gasteiger partial charge in [0, 0.05) is 6.54 Å². The third kappa shape index (κ3) is 11.0. The van der Waals surface area contributed by atoms with Crippen LogP contribution in [-0.4, -0.2) is 81.2 Å². The van der Waals surface area contributed by atoms with Crippen molar-refractivity contribution in [1.82, 2.24) is 5.32 Å². The van der Waals surface area contributed by atoms with E-state index in [0.717, 1.165) is 5.56 Å². The zero-order chi connectivity index (χ0) is 34.3. The maximum atomic E-state index is 13.3. The summed E-state index contributed by atoms with van der Waals surface area (Å²) in [6.45, 7) is -0.530. The average molecular weight is 691 g/mol. The van der Waals surface area contributed by atoms with Crippen molar-refractivity contribution in [3.05, 3.63) is 98.5 Å². The van der Waals surface area contributed by atoms with Crippen LogP contribution in [0, 0.1) is 0 Å². The van der Waals surface area contributed by atoms with Crippen molar-refractivity contribution >= 4 is 52.6 Å². The van der Waals surface area contributed by atoms with E-state index in [1.54, 1.807) is 12.1 Å². The Labute approximate surface area is 280 Å². The molecule has 3 aromatic carbocycles. The Morgan fingerprint density at radius 1 is 0.809 bits per heavy atom. The molecule has 0 spiro atoms. The summed E-state index contributed by atoms with van der Waals surface area (Å²) in [5.74, 6) is -3.44. The lowest BCUT2D eigenvalue weighted by atomic mass is 9.93. The third-order valence-electron chi connectivity index (χ3n) is 6.43. The summed E-state index contributed by atoms with van der Waals surface area (Å²) >= 11 is 13.0. The van der Waals surface area contributed by atoms with Gasteiger partial charge >= 0.3 is 17.9 Å². The summed E-state index contributed by atoms with van der Waals surface area (Å²) in [5.41, 5.74) is 1.84. The van der Waals surface area contributed by atoms with Crippen molar-refractivity contribution in [3.63, 3.8) is 0 Å². The minimum atomic E-state index is -1.27. The molecule has 3 rings (SSSR count). The number of rotatable bonds is 18. The molecule has 0 aliphatic heterocycles. The van der Waals surface area contributed by atoms with Gasteiger partial charge in [-0.15, -0.1) is 0 Å². The molecule has 0 saturated heterocycles. The largest absolute Gasteiger partial charge is 0.494 e. The topological polar surface area (TPSA) is 167 Å². The van der Waals surface area contributed by atoms with Crippen LogP contribution in [0.3, 0.4) is 0 Å². The van der Waals surface area contributed by atoms with E-state index in [0.29, 0.717) is 16.7 Å². The fraction of sp³-hybridized carbons (Fsp3) is 0.273. The lowest BCUT2D eigenvalue weighted by Gasteiger charge is -2.17. The number of aliphatic carboxylic acids is 1. The van der Waals surface area contributed by atoms with E-state index in [-0.39, 0.29) is 72.1 Å². The molecule has 3 aromatic rings. The van der Waals surface area contributed by atoms with Gasteiger partial charge in [0.05, 0.1) is 37.5 Å². The number of nitrogens with one attached hydrogen (secondary N) is 1. The van der Waals surface area contributed by atoms with Crippen LogP contribution in [0.5, 0.6) is 11.5 Å². The van der Waals surface area contributed by atoms with Crippen molar-refractivity contribution in [2.24, 2.45) is 0 Å². The van der Waals surface area contributed by atoms with Crippen LogP contribution in [0.1, 0.15) is 43.8 Å². The van der Waals surface area contributed by atoms with Gasteiger partial charge in [-0.2, -0.15) is 0 Å². The summed E-state index contributed by atoms with van der Waals surface area (Å²) < 4.78 is 26.2. The van der Waals surface area contributed by atoms with E-state index in [1.807, 2.05) is 30.3 Å². The maximum absolute atomic E-state index is 13.3. The van der Waals surface area contributed by atoms with E-state index in [1.165, 1.54) is 32.4 Å². The molecule has 0 aliphatic rings. The van der Waals surface area contributed by atoms with E-state index in [9.17, 15) is 24.3 Å². The standard InChI is InChI=1S/C33H33Cl2NO11/c1-43-30-24(32(40)41)13-21(15-26(30)34)23(9-6-10-36-28(37)18-45-11-12-46-19-29(38)39)22-14-25(31(44-2)27(35)16-22)33(42)47-17-20-7-4-3-5-8-20/h3-5,7-9,13-16H,6,10-12,17-19H2,1-2H3,(H,36,37)(H,38,39)(H,40,41)/b23-9+. The molecule has 47 heavy (non-hydrogen) atoms. The highest BCUT2D eigenvalue weighted by Crippen LogP contribution is 2.38. The van der Waals surface area contributed by atoms with Crippen molar-refractivity contribution in [2.45, 2.75) is 13.0 Å². The molecule has 0 radical (unpaired) electrons. The molecule has 0 unspecified atom stereocenters. The number of benzene rings is 3. The number of amides is 1. The van der Waals surface area contributed by atoms with Crippen LogP contribution in [0.25, 0.3) is 5.57 Å². The quantitative estimate of drug-likeness (QED) is 0.120. The predicted octanol–water partition coefficient (Wildman–Crippen LogP) is 5.12. The second-order valence-corrected chi connectivity index (χ2v) is 10.5. The number of carboxylic acids is 2. The molecule has 12 nitrogen and oxygen atoms in total. The number of ether oxygens (including phenoxy) is 5. The normalized spacial score (nSPS) is 11.1. The Balaban J connectivity index is 1.90. The molecular formula is C33H33Cl2NO11. The maximum Gasteiger partial charge on any atom is 0.342 e. The van der Waals surface area contributed by atoms with Crippen LogP contribution in [0.4, 0.5) is 0 Å². The van der Waals surface area contributed by atoms with E-state index < -0.39 is 30.4 Å². The molecule has 0 heterocycles. The van der Waals surface area contributed by atoms with Gasteiger partial charge in [-0.3, -0.25) is 4.79 Å². The minimum absolute atomic E-state index is 0.00218. The van der Waals surface area contributed by atoms with Gasteiger partial charge in [-0.1, -0.05) is 59.6 Å². The predicted molar refractivity (Wildman–Crippen MR) is 173 cm³/mol. The molecule has 0 fully saturated rings. The number of hydrogen-bond acceptors (Lipinski definition) is 9. The Morgan fingerprint density at radius 3 is 1.96 bits per heavy atom. The molecule has 0 saturated carbocycles. The summed E-state index contributed by atoms with van der Waals surface area (Å²) in [7, 11) is 2.67. The fourth-order valence-electron chi connectivity index (χ4n) is 4.35. The highest BCUT2D eigenvalue weighted by molar-refractivity contribution is 6.33. The molecule has 14 heteroatoms. The Morgan fingerprint density at radius 2 is 1.38 bits per heavy atom. The molecule has 0 aliphatic carbocycles. The minimum Gasteiger partial charge on any atom is -0.494 e. The summed E-state index contributed by atoms with van der Waals surface area (Å²) in [6, 6.07) is 15.1. The van der Waals surface area contributed by atoms with Gasteiger partial charge in [0.2, 0.25) is 5.91 Å². The fourth-order valence-corrected chi connectivity index (χ4v) is 4.94. The molecule has 0 aromatic heterocycles. The highest BCUT2D eigenvalue weighted by Gasteiger charge is 2.23. The first-order chi connectivity index (χ1) is 22.5. The number of hydrogen-bond donors (Lipinski definition) is 3. The van der Waals surface area contributed by atoms with Crippen molar-refractivity contribution in [2.75, 3.05) is 47.2 Å². The van der Waals surface area contributed by atoms with Crippen LogP contribution < -0.4 is 14.8 Å². The Bertz CT molecular complexity index is 1610. The number of methoxy groups -OCH3 is 2. The van der Waals surface area contributed by atoms with Crippen molar-refractivity contribution in [3.8, 4) is 11.5 Å². The summed E-state index contributed by atoms with van der Waals surface area (Å²) in [6.07, 6.45) is 1.98. The van der Waals surface area contributed by atoms with E-state index in [2.05, 4.69) is 5.32 Å². The lowest BCUT2D eigenvalue weighted by Crippen LogP contribution is -2.29. The monoisotopic (exact) mass is 689 g/mol. The number of aromatic carboxylic acids is 1. The number of esters is 1. The first kappa shape index (κ1) is 36.8. The van der Waals surface area contributed by atoms with Crippen LogP contribution >= 0.6 is 23.2 Å². The zero-order valence-corrected chi connectivity index (χ0v) is 27.1. The van der Waals surface area contributed by atoms with Crippen molar-refractivity contribution < 1.29 is 53.1 Å². The molecule has 0 atom stereocenters. The molecule has 0 bridgehead atoms. The Kier molecular flexibility index (Phi) is 14.5. The molecule has 1 amide bonds. The average Bonchev–Trinajstić information content (AvgIpc) is 3.04. The second-order valence-electron chi connectivity index (χ2n) is 9.70. The number of carbonyl (C=O) groups is 4. The number of carbonyl (C=O) groups excluding carboxylic acids is 2. The Hall–Kier alpha value is -4.62. The van der Waals surface area contributed by atoms with E-state index in [4.69, 9.17) is 52.0 Å². The zero-order valence-electron chi connectivity index (χ0n) is 25.5. The highest BCUT2D eigenvalue weighted by atomic mass is 35.5. The summed E-state index contributed by atoms with van der Waals surface area (Å²) in [5, 5.41) is 21.2. The number of halogens is 2. The van der Waals surface area contributed by atoms with Crippen LogP contribution in [0.2, 0.25) is 10.0 Å². The van der Waals surface area contributed by atoms with Gasteiger partial charge in [0.15, 0.2) is 11.5 Å². The first-order valence-electron chi connectivity index (χ1n) is 14.1. The van der Waals surface area contributed by atoms with E-state index >= 15 is 0 Å². The van der Waals surface area contributed by atoms with Gasteiger partial charge < -0.3 is 39.2 Å². The second kappa shape index (κ2) is 18.5. The van der Waals surface area contributed by atoms with Gasteiger partial charge in [0.1, 0.15) is 30.9 Å². The molecule has 3 N–H and O–H groups in total. The molecular weight excluding hydrogens is 657 g/mol. The smallest absolute Gasteiger partial charge is 0.342 e.